The topological polar surface area (TPSA) is 107 Å². The van der Waals surface area contributed by atoms with Gasteiger partial charge in [-0.25, -0.2) is 14.4 Å². The number of benzene rings is 1. The van der Waals surface area contributed by atoms with Crippen molar-refractivity contribution in [2.24, 2.45) is 4.99 Å². The molecule has 1 aromatic carbocycles. The van der Waals surface area contributed by atoms with Crippen LogP contribution in [0.3, 0.4) is 0 Å². The van der Waals surface area contributed by atoms with Crippen molar-refractivity contribution in [3.05, 3.63) is 59.5 Å². The fraction of sp³-hybridized carbons (Fsp3) is 0.462. The van der Waals surface area contributed by atoms with Crippen molar-refractivity contribution >= 4 is 23.2 Å². The van der Waals surface area contributed by atoms with Crippen LogP contribution in [-0.2, 0) is 24.1 Å². The van der Waals surface area contributed by atoms with Gasteiger partial charge in [-0.1, -0.05) is 12.1 Å². The number of nitrogens with one attached hydrogen (secondary N) is 2. The molecule has 4 rings (SSSR count). The van der Waals surface area contributed by atoms with E-state index in [4.69, 9.17) is 14.1 Å². The molecule has 3 aromatic rings. The first-order valence-electron chi connectivity index (χ1n) is 12.4. The van der Waals surface area contributed by atoms with Crippen LogP contribution >= 0.6 is 0 Å². The first-order valence-corrected chi connectivity index (χ1v) is 12.4. The molecule has 0 unspecified atom stereocenters. The number of oxazole rings is 1. The fourth-order valence-electron chi connectivity index (χ4n) is 3.97. The van der Waals surface area contributed by atoms with Crippen LogP contribution < -0.4 is 10.6 Å². The normalized spacial score (nSPS) is 13.8. The lowest BCUT2D eigenvalue weighted by atomic mass is 10.2. The number of aromatic nitrogens is 3. The Labute approximate surface area is 209 Å². The SMILES string of the molecule is CC(C)OCCn1c(CCNCCc2nc(C(=O)NCC3=C(F)CCC=N3)co2)nc2ccccc21. The molecule has 2 aromatic heterocycles. The van der Waals surface area contributed by atoms with Gasteiger partial charge in [0.1, 0.15) is 17.9 Å². The van der Waals surface area contributed by atoms with Crippen molar-refractivity contribution in [3.8, 4) is 0 Å². The molecule has 1 aliphatic rings. The van der Waals surface area contributed by atoms with Gasteiger partial charge in [-0.2, -0.15) is 0 Å². The summed E-state index contributed by atoms with van der Waals surface area (Å²) in [7, 11) is 0. The third kappa shape index (κ3) is 6.86. The molecule has 10 heteroatoms. The number of halogens is 1. The van der Waals surface area contributed by atoms with Crippen LogP contribution in [0.4, 0.5) is 4.39 Å². The minimum atomic E-state index is -0.417. The molecule has 0 spiro atoms. The first kappa shape index (κ1) is 25.7. The lowest BCUT2D eigenvalue weighted by Gasteiger charge is -2.12. The second-order valence-electron chi connectivity index (χ2n) is 8.85. The van der Waals surface area contributed by atoms with E-state index in [9.17, 15) is 9.18 Å². The fourth-order valence-corrected chi connectivity index (χ4v) is 3.97. The van der Waals surface area contributed by atoms with Crippen molar-refractivity contribution in [2.45, 2.75) is 52.2 Å². The monoisotopic (exact) mass is 496 g/mol. The molecule has 0 bridgehead atoms. The van der Waals surface area contributed by atoms with Gasteiger partial charge in [0.25, 0.3) is 5.91 Å². The summed E-state index contributed by atoms with van der Waals surface area (Å²) >= 11 is 0. The molecule has 36 heavy (non-hydrogen) atoms. The third-order valence-corrected chi connectivity index (χ3v) is 5.79. The minimum absolute atomic E-state index is 0.0271. The predicted octanol–water partition coefficient (Wildman–Crippen LogP) is 3.60. The molecule has 9 nitrogen and oxygen atoms in total. The molecular weight excluding hydrogens is 463 g/mol. The molecule has 3 heterocycles. The van der Waals surface area contributed by atoms with E-state index in [1.807, 2.05) is 32.0 Å². The van der Waals surface area contributed by atoms with Crippen molar-refractivity contribution in [2.75, 3.05) is 26.2 Å². The summed E-state index contributed by atoms with van der Waals surface area (Å²) in [4.78, 5) is 25.3. The van der Waals surface area contributed by atoms with Gasteiger partial charge in [-0.15, -0.1) is 0 Å². The molecule has 0 aliphatic carbocycles. The standard InChI is InChI=1S/C26H33FN6O3/c1-18(2)35-15-14-33-23-8-4-3-7-20(23)31-24(33)9-12-28-13-10-25-32-22(17-36-25)26(34)30-16-21-19(27)6-5-11-29-21/h3-4,7-8,11,17-18,28H,5-6,9-10,12-16H2,1-2H3,(H,30,34). The van der Waals surface area contributed by atoms with Gasteiger partial charge in [0, 0.05) is 45.1 Å². The minimum Gasteiger partial charge on any atom is -0.448 e. The van der Waals surface area contributed by atoms with Crippen LogP contribution in [0, 0.1) is 0 Å². The van der Waals surface area contributed by atoms with E-state index < -0.39 is 5.91 Å². The lowest BCUT2D eigenvalue weighted by molar-refractivity contribution is 0.0729. The maximum absolute atomic E-state index is 13.7. The Kier molecular flexibility index (Phi) is 8.96. The second kappa shape index (κ2) is 12.5. The average Bonchev–Trinajstić information content (AvgIpc) is 3.48. The highest BCUT2D eigenvalue weighted by Gasteiger charge is 2.15. The lowest BCUT2D eigenvalue weighted by Crippen LogP contribution is -2.26. The van der Waals surface area contributed by atoms with Crippen LogP contribution in [0.15, 0.2) is 51.5 Å². The number of nitrogens with zero attached hydrogens (tertiary/aromatic N) is 4. The summed E-state index contributed by atoms with van der Waals surface area (Å²) in [5.41, 5.74) is 2.52. The van der Waals surface area contributed by atoms with E-state index in [2.05, 4.69) is 31.2 Å². The summed E-state index contributed by atoms with van der Waals surface area (Å²) in [6.45, 7) is 6.87. The zero-order valence-corrected chi connectivity index (χ0v) is 20.8. The number of carbonyl (C=O) groups excluding carboxylic acids is 1. The van der Waals surface area contributed by atoms with Crippen LogP contribution in [-0.4, -0.2) is 59.0 Å². The highest BCUT2D eigenvalue weighted by molar-refractivity contribution is 5.92. The molecule has 1 aliphatic heterocycles. The molecule has 0 radical (unpaired) electrons. The van der Waals surface area contributed by atoms with E-state index in [1.165, 1.54) is 6.26 Å². The van der Waals surface area contributed by atoms with Crippen molar-refractivity contribution < 1.29 is 18.3 Å². The van der Waals surface area contributed by atoms with Crippen LogP contribution in [0.2, 0.25) is 0 Å². The summed E-state index contributed by atoms with van der Waals surface area (Å²) in [5, 5.41) is 6.03. The van der Waals surface area contributed by atoms with Crippen LogP contribution in [0.25, 0.3) is 11.0 Å². The Morgan fingerprint density at radius 3 is 2.89 bits per heavy atom. The summed E-state index contributed by atoms with van der Waals surface area (Å²) < 4.78 is 27.1. The number of ether oxygens (including phenoxy) is 1. The van der Waals surface area contributed by atoms with E-state index in [0.29, 0.717) is 38.3 Å². The molecular formula is C26H33FN6O3. The zero-order chi connectivity index (χ0) is 25.3. The number of hydrogen-bond donors (Lipinski definition) is 2. The maximum Gasteiger partial charge on any atom is 0.273 e. The molecule has 0 saturated carbocycles. The van der Waals surface area contributed by atoms with Gasteiger partial charge < -0.3 is 24.4 Å². The average molecular weight is 497 g/mol. The summed E-state index contributed by atoms with van der Waals surface area (Å²) in [6, 6.07) is 8.13. The molecule has 0 fully saturated rings. The van der Waals surface area contributed by atoms with Gasteiger partial charge in [0.05, 0.1) is 36.0 Å². The van der Waals surface area contributed by atoms with Gasteiger partial charge in [0.15, 0.2) is 11.6 Å². The second-order valence-corrected chi connectivity index (χ2v) is 8.85. The number of allylic oxidation sites excluding steroid dienone is 1. The molecule has 1 amide bonds. The maximum atomic E-state index is 13.7. The zero-order valence-electron chi connectivity index (χ0n) is 20.8. The van der Waals surface area contributed by atoms with Crippen molar-refractivity contribution in [3.63, 3.8) is 0 Å². The van der Waals surface area contributed by atoms with Gasteiger partial charge >= 0.3 is 0 Å². The van der Waals surface area contributed by atoms with E-state index >= 15 is 0 Å². The van der Waals surface area contributed by atoms with E-state index in [-0.39, 0.29) is 29.9 Å². The molecule has 0 atom stereocenters. The molecule has 192 valence electrons. The number of fused-ring (bicyclic) bond motifs is 1. The highest BCUT2D eigenvalue weighted by atomic mass is 19.1. The van der Waals surface area contributed by atoms with Crippen LogP contribution in [0.5, 0.6) is 0 Å². The Morgan fingerprint density at radius 1 is 1.22 bits per heavy atom. The smallest absolute Gasteiger partial charge is 0.273 e. The number of carbonyl (C=O) groups is 1. The summed E-state index contributed by atoms with van der Waals surface area (Å²) in [6.07, 6.45) is 5.38. The van der Waals surface area contributed by atoms with E-state index in [1.54, 1.807) is 6.21 Å². The third-order valence-electron chi connectivity index (χ3n) is 5.79. The number of hydrogen-bond acceptors (Lipinski definition) is 7. The highest BCUT2D eigenvalue weighted by Crippen LogP contribution is 2.18. The Bertz CT molecular complexity index is 1230. The largest absolute Gasteiger partial charge is 0.448 e. The number of amides is 1. The predicted molar refractivity (Wildman–Crippen MR) is 136 cm³/mol. The Morgan fingerprint density at radius 2 is 2.06 bits per heavy atom. The number of para-hydroxylation sites is 2. The Hall–Kier alpha value is -3.37. The van der Waals surface area contributed by atoms with Crippen molar-refractivity contribution in [1.29, 1.82) is 0 Å². The van der Waals surface area contributed by atoms with Crippen LogP contribution in [0.1, 0.15) is 48.9 Å². The first-order chi connectivity index (χ1) is 17.5. The number of rotatable bonds is 13. The Balaban J connectivity index is 1.22. The number of aliphatic imine (C=N–C) groups is 1. The van der Waals surface area contributed by atoms with Gasteiger partial charge in [-0.05, 0) is 32.4 Å². The molecule has 2 N–H and O–H groups in total. The summed E-state index contributed by atoms with van der Waals surface area (Å²) in [5.74, 6) is 0.773. The number of imidazole rings is 1. The van der Waals surface area contributed by atoms with Gasteiger partial charge in [0.2, 0.25) is 0 Å². The quantitative estimate of drug-likeness (QED) is 0.350. The van der Waals surface area contributed by atoms with Gasteiger partial charge in [-0.3, -0.25) is 9.79 Å². The molecule has 0 saturated heterocycles. The van der Waals surface area contributed by atoms with Crippen molar-refractivity contribution in [1.82, 2.24) is 25.2 Å². The van der Waals surface area contributed by atoms with E-state index in [0.717, 1.165) is 36.4 Å².